The van der Waals surface area contributed by atoms with Gasteiger partial charge in [0.1, 0.15) is 0 Å². The van der Waals surface area contributed by atoms with E-state index in [-0.39, 0.29) is 0 Å². The monoisotopic (exact) mass is 183 g/mol. The Balaban J connectivity index is 4.03. The van der Waals surface area contributed by atoms with Gasteiger partial charge in [0.2, 0.25) is 16.2 Å². The van der Waals surface area contributed by atoms with Gasteiger partial charge in [-0.25, -0.2) is 9.20 Å². The molecule has 0 aromatic carbocycles. The van der Waals surface area contributed by atoms with Gasteiger partial charge < -0.3 is 4.55 Å². The van der Waals surface area contributed by atoms with E-state index in [4.69, 9.17) is 9.96 Å². The van der Waals surface area contributed by atoms with Crippen molar-refractivity contribution in [2.75, 3.05) is 0 Å². The molecule has 0 aliphatic heterocycles. The number of rotatable bonds is 1. The molecule has 0 saturated heterocycles. The van der Waals surface area contributed by atoms with E-state index in [9.17, 15) is 13.0 Å². The largest absolute Gasteiger partial charge is 0.768 e. The van der Waals surface area contributed by atoms with E-state index in [1.807, 2.05) is 0 Å². The van der Waals surface area contributed by atoms with Crippen molar-refractivity contribution in [3.05, 3.63) is 0 Å². The molecule has 0 saturated carbocycles. The SMILES string of the molecule is N=C(N=CS(=O)[O-])S(=O)O. The first-order valence-electron chi connectivity index (χ1n) is 1.85. The first-order valence-corrected chi connectivity index (χ1v) is 4.10. The molecule has 0 spiro atoms. The summed E-state index contributed by atoms with van der Waals surface area (Å²) in [6.45, 7) is 0. The minimum Gasteiger partial charge on any atom is -0.768 e. The summed E-state index contributed by atoms with van der Waals surface area (Å²) in [5.74, 6) is 0. The highest BCUT2D eigenvalue weighted by Crippen LogP contribution is 1.80. The van der Waals surface area contributed by atoms with Crippen molar-refractivity contribution in [3.63, 3.8) is 0 Å². The summed E-state index contributed by atoms with van der Waals surface area (Å²) < 4.78 is 37.3. The smallest absolute Gasteiger partial charge is 0.239 e. The summed E-state index contributed by atoms with van der Waals surface area (Å²) >= 11 is -5.05. The Hall–Kier alpha value is -0.440. The van der Waals surface area contributed by atoms with Gasteiger partial charge in [0.05, 0.1) is 5.55 Å². The highest BCUT2D eigenvalue weighted by Gasteiger charge is 1.97. The molecule has 10 heavy (non-hydrogen) atoms. The van der Waals surface area contributed by atoms with Gasteiger partial charge in [0.25, 0.3) is 0 Å². The van der Waals surface area contributed by atoms with Crippen LogP contribution in [0.4, 0.5) is 0 Å². The average Bonchev–Trinajstić information content (AvgIpc) is 1.82. The normalized spacial score (nSPS) is 17.0. The van der Waals surface area contributed by atoms with Crippen molar-refractivity contribution < 1.29 is 17.5 Å². The van der Waals surface area contributed by atoms with Crippen molar-refractivity contribution >= 4 is 32.9 Å². The summed E-state index contributed by atoms with van der Waals surface area (Å²) in [6.07, 6.45) is 0. The lowest BCUT2D eigenvalue weighted by Gasteiger charge is -1.92. The number of nitrogens with one attached hydrogen (secondary N) is 1. The molecule has 0 rings (SSSR count). The summed E-state index contributed by atoms with van der Waals surface area (Å²) in [5, 5.41) is 5.62. The van der Waals surface area contributed by atoms with Crippen molar-refractivity contribution in [2.24, 2.45) is 4.99 Å². The predicted octanol–water partition coefficient (Wildman–Crippen LogP) is -0.950. The maximum Gasteiger partial charge on any atom is 0.239 e. The van der Waals surface area contributed by atoms with E-state index in [0.29, 0.717) is 5.55 Å². The molecule has 2 N–H and O–H groups in total. The van der Waals surface area contributed by atoms with Crippen molar-refractivity contribution in [1.82, 2.24) is 0 Å². The van der Waals surface area contributed by atoms with Crippen LogP contribution in [0, 0.1) is 5.41 Å². The molecule has 0 aromatic heterocycles. The molecule has 2 atom stereocenters. The first-order chi connectivity index (χ1) is 4.54. The summed E-state index contributed by atoms with van der Waals surface area (Å²) in [4.78, 5) is 2.82. The molecule has 0 heterocycles. The van der Waals surface area contributed by atoms with Crippen LogP contribution in [0.5, 0.6) is 0 Å². The number of nitrogens with zero attached hydrogens (tertiary/aromatic N) is 1. The Morgan fingerprint density at radius 1 is 1.70 bits per heavy atom. The number of hydrogen-bond acceptors (Lipinski definition) is 4. The fourth-order valence-corrected chi connectivity index (χ4v) is 0.537. The zero-order valence-corrected chi connectivity index (χ0v) is 6.15. The van der Waals surface area contributed by atoms with Gasteiger partial charge in [-0.15, -0.1) is 0 Å². The maximum absolute atomic E-state index is 9.88. The predicted molar refractivity (Wildman–Crippen MR) is 35.9 cm³/mol. The van der Waals surface area contributed by atoms with Gasteiger partial charge in [0, 0.05) is 0 Å². The third kappa shape index (κ3) is 4.44. The summed E-state index contributed by atoms with van der Waals surface area (Å²) in [5.41, 5.74) is 0.371. The second kappa shape index (κ2) is 4.39. The molecule has 0 aliphatic rings. The molecule has 58 valence electrons. The highest BCUT2D eigenvalue weighted by atomic mass is 32.2. The van der Waals surface area contributed by atoms with E-state index in [0.717, 1.165) is 0 Å². The number of amidine groups is 1. The standard InChI is InChI=1S/C2H4N2O4S2/c3-2(10(7)8)4-1-9(5)6/h1,3H,(H,5,6)(H,7,8)/p-1. The maximum atomic E-state index is 9.88. The molecule has 8 heteroatoms. The molecular weight excluding hydrogens is 180 g/mol. The Morgan fingerprint density at radius 3 is 2.50 bits per heavy atom. The van der Waals surface area contributed by atoms with Gasteiger partial charge >= 0.3 is 0 Å². The summed E-state index contributed by atoms with van der Waals surface area (Å²) in [6, 6.07) is 0. The zero-order chi connectivity index (χ0) is 8.15. The van der Waals surface area contributed by atoms with Gasteiger partial charge in [-0.2, -0.15) is 0 Å². The van der Waals surface area contributed by atoms with E-state index >= 15 is 0 Å². The van der Waals surface area contributed by atoms with Crippen molar-refractivity contribution in [1.29, 1.82) is 5.41 Å². The average molecular weight is 183 g/mol. The van der Waals surface area contributed by atoms with Crippen LogP contribution in [0.15, 0.2) is 4.99 Å². The van der Waals surface area contributed by atoms with Crippen LogP contribution >= 0.6 is 0 Å². The molecule has 0 fully saturated rings. The topological polar surface area (TPSA) is 114 Å². The van der Waals surface area contributed by atoms with Crippen LogP contribution in [0.3, 0.4) is 0 Å². The molecule has 0 bridgehead atoms. The van der Waals surface area contributed by atoms with Gasteiger partial charge in [-0.3, -0.25) is 14.2 Å². The van der Waals surface area contributed by atoms with Gasteiger partial charge in [-0.1, -0.05) is 0 Å². The molecular formula is C2H3N2O4S2-. The quantitative estimate of drug-likeness (QED) is 0.310. The van der Waals surface area contributed by atoms with E-state index in [2.05, 4.69) is 4.99 Å². The fraction of sp³-hybridized carbons (Fsp3) is 0. The highest BCUT2D eigenvalue weighted by molar-refractivity contribution is 7.96. The van der Waals surface area contributed by atoms with Crippen LogP contribution in [-0.2, 0) is 22.2 Å². The van der Waals surface area contributed by atoms with Crippen LogP contribution in [0.2, 0.25) is 0 Å². The number of aliphatic imine (C=N–C) groups is 1. The van der Waals surface area contributed by atoms with Crippen LogP contribution in [-0.4, -0.2) is 28.2 Å². The van der Waals surface area contributed by atoms with E-state index < -0.39 is 27.3 Å². The van der Waals surface area contributed by atoms with E-state index in [1.54, 1.807) is 0 Å². The molecule has 2 unspecified atom stereocenters. The second-order valence-electron chi connectivity index (χ2n) is 1.05. The lowest BCUT2D eigenvalue weighted by Crippen LogP contribution is -2.02. The van der Waals surface area contributed by atoms with Crippen molar-refractivity contribution in [2.45, 2.75) is 0 Å². The second-order valence-corrected chi connectivity index (χ2v) is 2.67. The Bertz CT molecular complexity index is 211. The molecule has 6 nitrogen and oxygen atoms in total. The van der Waals surface area contributed by atoms with Crippen molar-refractivity contribution in [3.8, 4) is 0 Å². The lowest BCUT2D eigenvalue weighted by molar-refractivity contribution is 0.550. The third-order valence-corrected chi connectivity index (χ3v) is 1.14. The minimum atomic E-state index is -2.53. The molecule has 0 amide bonds. The summed E-state index contributed by atoms with van der Waals surface area (Å²) in [7, 11) is 0. The van der Waals surface area contributed by atoms with Gasteiger partial charge in [0.15, 0.2) is 0 Å². The van der Waals surface area contributed by atoms with Crippen LogP contribution < -0.4 is 0 Å². The molecule has 0 radical (unpaired) electrons. The fourth-order valence-electron chi connectivity index (χ4n) is 0.136. The van der Waals surface area contributed by atoms with Crippen LogP contribution in [0.1, 0.15) is 0 Å². The first kappa shape index (κ1) is 9.56. The lowest BCUT2D eigenvalue weighted by atomic mass is 11.3. The Kier molecular flexibility index (Phi) is 4.19. The number of hydrogen-bond donors (Lipinski definition) is 2. The third-order valence-electron chi connectivity index (χ3n) is 0.421. The van der Waals surface area contributed by atoms with Gasteiger partial charge in [-0.05, 0) is 11.1 Å². The van der Waals surface area contributed by atoms with Crippen LogP contribution in [0.25, 0.3) is 0 Å². The Labute approximate surface area is 61.4 Å². The molecule has 0 aromatic rings. The minimum absolute atomic E-state index is 0.371. The van der Waals surface area contributed by atoms with E-state index in [1.165, 1.54) is 0 Å². The molecule has 0 aliphatic carbocycles. The Morgan fingerprint density at radius 2 is 2.20 bits per heavy atom. The zero-order valence-electron chi connectivity index (χ0n) is 4.51.